The van der Waals surface area contributed by atoms with Gasteiger partial charge in [0, 0.05) is 6.42 Å². The average molecular weight is 223 g/mol. The molecule has 90 valence electrons. The summed E-state index contributed by atoms with van der Waals surface area (Å²) in [6, 6.07) is 3.91. The third-order valence-electron chi connectivity index (χ3n) is 2.66. The van der Waals surface area contributed by atoms with Crippen LogP contribution in [0.15, 0.2) is 22.8 Å². The summed E-state index contributed by atoms with van der Waals surface area (Å²) in [5, 5.41) is 0. The number of ketones is 1. The van der Waals surface area contributed by atoms with Crippen molar-refractivity contribution in [2.45, 2.75) is 39.7 Å². The summed E-state index contributed by atoms with van der Waals surface area (Å²) >= 11 is 0. The van der Waals surface area contributed by atoms with Gasteiger partial charge >= 0.3 is 0 Å². The van der Waals surface area contributed by atoms with Gasteiger partial charge in [0.2, 0.25) is 0 Å². The molecule has 0 radical (unpaired) electrons. The Morgan fingerprint density at radius 3 is 2.81 bits per heavy atom. The number of carbonyl (C=O) groups is 1. The first-order valence-corrected chi connectivity index (χ1v) is 5.96. The van der Waals surface area contributed by atoms with Crippen molar-refractivity contribution in [3.05, 3.63) is 24.2 Å². The molecule has 0 saturated heterocycles. The average Bonchev–Trinajstić information content (AvgIpc) is 2.75. The molecule has 3 nitrogen and oxygen atoms in total. The first-order valence-electron chi connectivity index (χ1n) is 5.96. The number of Topliss-reactive ketones (excluding diaryl/α,β-unsaturated/α-hetero) is 1. The Labute approximate surface area is 97.4 Å². The molecule has 0 saturated carbocycles. The lowest BCUT2D eigenvalue weighted by atomic mass is 10.2. The van der Waals surface area contributed by atoms with Crippen LogP contribution >= 0.6 is 0 Å². The molecule has 0 aromatic carbocycles. The highest BCUT2D eigenvalue weighted by molar-refractivity contribution is 5.75. The van der Waals surface area contributed by atoms with Crippen LogP contribution in [0.2, 0.25) is 0 Å². The van der Waals surface area contributed by atoms with Gasteiger partial charge in [-0.3, -0.25) is 4.90 Å². The molecule has 1 aromatic heterocycles. The fraction of sp³-hybridized carbons (Fsp3) is 0.615. The number of nitrogens with zero attached hydrogens (tertiary/aromatic N) is 1. The lowest BCUT2D eigenvalue weighted by Gasteiger charge is -2.18. The summed E-state index contributed by atoms with van der Waals surface area (Å²) in [5.74, 6) is 1.29. The summed E-state index contributed by atoms with van der Waals surface area (Å²) in [4.78, 5) is 13.1. The lowest BCUT2D eigenvalue weighted by Crippen LogP contribution is -2.23. The first kappa shape index (κ1) is 13.0. The Morgan fingerprint density at radius 2 is 2.25 bits per heavy atom. The standard InChI is InChI=1S/C13H21NO2/c1-3-14(9-5-4-7-12(2)15)11-13-8-6-10-16-13/h6,8,10H,3-5,7,9,11H2,1-2H3. The molecule has 0 aliphatic heterocycles. The van der Waals surface area contributed by atoms with E-state index < -0.39 is 0 Å². The fourth-order valence-electron chi connectivity index (χ4n) is 1.68. The Hall–Kier alpha value is -1.09. The number of unbranched alkanes of at least 4 members (excludes halogenated alkanes) is 1. The van der Waals surface area contributed by atoms with Gasteiger partial charge in [0.15, 0.2) is 0 Å². The highest BCUT2D eigenvalue weighted by Crippen LogP contribution is 2.07. The molecule has 0 unspecified atom stereocenters. The molecule has 0 amide bonds. The predicted molar refractivity (Wildman–Crippen MR) is 64.2 cm³/mol. The molecule has 0 atom stereocenters. The van der Waals surface area contributed by atoms with Crippen LogP contribution in [0, 0.1) is 0 Å². The first-order chi connectivity index (χ1) is 7.72. The van der Waals surface area contributed by atoms with Crippen molar-refractivity contribution < 1.29 is 9.21 Å². The number of carbonyl (C=O) groups excluding carboxylic acids is 1. The molecular weight excluding hydrogens is 202 g/mol. The van der Waals surface area contributed by atoms with Gasteiger partial charge in [-0.1, -0.05) is 6.92 Å². The van der Waals surface area contributed by atoms with E-state index in [9.17, 15) is 4.79 Å². The summed E-state index contributed by atoms with van der Waals surface area (Å²) in [6.45, 7) is 6.71. The highest BCUT2D eigenvalue weighted by Gasteiger charge is 2.05. The lowest BCUT2D eigenvalue weighted by molar-refractivity contribution is -0.117. The minimum Gasteiger partial charge on any atom is -0.468 e. The highest BCUT2D eigenvalue weighted by atomic mass is 16.3. The van der Waals surface area contributed by atoms with Crippen molar-refractivity contribution in [1.82, 2.24) is 4.90 Å². The topological polar surface area (TPSA) is 33.5 Å². The smallest absolute Gasteiger partial charge is 0.129 e. The maximum absolute atomic E-state index is 10.8. The molecule has 0 bridgehead atoms. The third kappa shape index (κ3) is 5.12. The van der Waals surface area contributed by atoms with Crippen LogP contribution in [-0.4, -0.2) is 23.8 Å². The molecule has 3 heteroatoms. The zero-order valence-corrected chi connectivity index (χ0v) is 10.2. The molecular formula is C13H21NO2. The second-order valence-corrected chi connectivity index (χ2v) is 4.11. The van der Waals surface area contributed by atoms with Crippen molar-refractivity contribution in [2.75, 3.05) is 13.1 Å². The van der Waals surface area contributed by atoms with Crippen molar-refractivity contribution in [2.24, 2.45) is 0 Å². The summed E-state index contributed by atoms with van der Waals surface area (Å²) < 4.78 is 5.31. The van der Waals surface area contributed by atoms with Gasteiger partial charge in [-0.15, -0.1) is 0 Å². The maximum atomic E-state index is 10.8. The number of rotatable bonds is 8. The van der Waals surface area contributed by atoms with E-state index >= 15 is 0 Å². The minimum absolute atomic E-state index is 0.286. The van der Waals surface area contributed by atoms with E-state index in [2.05, 4.69) is 11.8 Å². The zero-order valence-electron chi connectivity index (χ0n) is 10.2. The van der Waals surface area contributed by atoms with Crippen molar-refractivity contribution in [3.8, 4) is 0 Å². The van der Waals surface area contributed by atoms with E-state index in [0.717, 1.165) is 38.2 Å². The van der Waals surface area contributed by atoms with Crippen LogP contribution in [0.25, 0.3) is 0 Å². The van der Waals surface area contributed by atoms with Gasteiger partial charge in [-0.05, 0) is 45.0 Å². The Balaban J connectivity index is 2.19. The van der Waals surface area contributed by atoms with E-state index in [4.69, 9.17) is 4.42 Å². The Kier molecular flexibility index (Phi) is 5.86. The predicted octanol–water partition coefficient (Wildman–Crippen LogP) is 2.86. The van der Waals surface area contributed by atoms with Gasteiger partial charge in [-0.2, -0.15) is 0 Å². The molecule has 16 heavy (non-hydrogen) atoms. The molecule has 0 aliphatic carbocycles. The monoisotopic (exact) mass is 223 g/mol. The van der Waals surface area contributed by atoms with Crippen molar-refractivity contribution in [1.29, 1.82) is 0 Å². The Bertz CT molecular complexity index is 293. The second-order valence-electron chi connectivity index (χ2n) is 4.11. The SMILES string of the molecule is CCN(CCCCC(C)=O)Cc1ccco1. The van der Waals surface area contributed by atoms with Crippen LogP contribution < -0.4 is 0 Å². The van der Waals surface area contributed by atoms with Crippen molar-refractivity contribution >= 4 is 5.78 Å². The molecule has 0 N–H and O–H groups in total. The van der Waals surface area contributed by atoms with Gasteiger partial charge in [0.05, 0.1) is 12.8 Å². The van der Waals surface area contributed by atoms with E-state index in [1.165, 1.54) is 0 Å². The largest absolute Gasteiger partial charge is 0.468 e. The van der Waals surface area contributed by atoms with Gasteiger partial charge in [0.1, 0.15) is 11.5 Å². The Morgan fingerprint density at radius 1 is 1.44 bits per heavy atom. The van der Waals surface area contributed by atoms with Crippen LogP contribution in [-0.2, 0) is 11.3 Å². The van der Waals surface area contributed by atoms with Crippen LogP contribution in [0.3, 0.4) is 0 Å². The fourth-order valence-corrected chi connectivity index (χ4v) is 1.68. The number of furan rings is 1. The third-order valence-corrected chi connectivity index (χ3v) is 2.66. The van der Waals surface area contributed by atoms with Gasteiger partial charge in [-0.25, -0.2) is 0 Å². The molecule has 1 aromatic rings. The van der Waals surface area contributed by atoms with E-state index in [1.807, 2.05) is 12.1 Å². The number of hydrogen-bond donors (Lipinski definition) is 0. The van der Waals surface area contributed by atoms with Crippen molar-refractivity contribution in [3.63, 3.8) is 0 Å². The molecule has 1 heterocycles. The summed E-state index contributed by atoms with van der Waals surface area (Å²) in [6.07, 6.45) is 4.48. The molecule has 0 spiro atoms. The maximum Gasteiger partial charge on any atom is 0.129 e. The van der Waals surface area contributed by atoms with Crippen LogP contribution in [0.1, 0.15) is 38.9 Å². The zero-order chi connectivity index (χ0) is 11.8. The van der Waals surface area contributed by atoms with E-state index in [-0.39, 0.29) is 5.78 Å². The molecule has 0 aliphatic rings. The van der Waals surface area contributed by atoms with Gasteiger partial charge < -0.3 is 9.21 Å². The van der Waals surface area contributed by atoms with E-state index in [0.29, 0.717) is 6.42 Å². The summed E-state index contributed by atoms with van der Waals surface area (Å²) in [5.41, 5.74) is 0. The molecule has 0 fully saturated rings. The minimum atomic E-state index is 0.286. The second kappa shape index (κ2) is 7.23. The summed E-state index contributed by atoms with van der Waals surface area (Å²) in [7, 11) is 0. The molecule has 1 rings (SSSR count). The quantitative estimate of drug-likeness (QED) is 0.635. The normalized spacial score (nSPS) is 10.9. The number of hydrogen-bond acceptors (Lipinski definition) is 3. The van der Waals surface area contributed by atoms with E-state index in [1.54, 1.807) is 13.2 Å². The van der Waals surface area contributed by atoms with Crippen LogP contribution in [0.4, 0.5) is 0 Å². The van der Waals surface area contributed by atoms with Crippen LogP contribution in [0.5, 0.6) is 0 Å². The van der Waals surface area contributed by atoms with Gasteiger partial charge in [0.25, 0.3) is 0 Å².